The van der Waals surface area contributed by atoms with Crippen LogP contribution in [0, 0.1) is 0 Å². The molecule has 3 N–H and O–H groups in total. The van der Waals surface area contributed by atoms with Gasteiger partial charge in [-0.2, -0.15) is 0 Å². The van der Waals surface area contributed by atoms with Crippen LogP contribution in [0.5, 0.6) is 0 Å². The van der Waals surface area contributed by atoms with E-state index in [1.54, 1.807) is 0 Å². The van der Waals surface area contributed by atoms with Crippen LogP contribution in [0.4, 0.5) is 0 Å². The summed E-state index contributed by atoms with van der Waals surface area (Å²) in [5, 5.41) is 0. The molecule has 0 unspecified atom stereocenters. The van der Waals surface area contributed by atoms with Gasteiger partial charge in [0.25, 0.3) is 0 Å². The van der Waals surface area contributed by atoms with Gasteiger partial charge in [-0.25, -0.2) is 4.57 Å². The summed E-state index contributed by atoms with van der Waals surface area (Å²) in [7, 11) is -4.64. The van der Waals surface area contributed by atoms with Crippen LogP contribution in [-0.2, 0) is 4.57 Å². The zero-order valence-electron chi connectivity index (χ0n) is 8.20. The first-order chi connectivity index (χ1) is 2.00. The zero-order valence-corrected chi connectivity index (χ0v) is 13.2. The van der Waals surface area contributed by atoms with E-state index in [0.29, 0.717) is 0 Å². The molecule has 0 heterocycles. The van der Waals surface area contributed by atoms with E-state index in [9.17, 15) is 0 Å². The van der Waals surface area contributed by atoms with Gasteiger partial charge >= 0.3 is 118 Å². The molecule has 8 heavy (non-hydrogen) atoms. The van der Waals surface area contributed by atoms with Crippen LogP contribution in [0.15, 0.2) is 0 Å². The summed E-state index contributed by atoms with van der Waals surface area (Å²) in [5.41, 5.74) is 0. The molecule has 0 aliphatic rings. The molecule has 0 rings (SSSR count). The molecule has 0 aromatic heterocycles. The minimum absolute atomic E-state index is 0. The molecule has 0 bridgehead atoms. The molecule has 0 saturated carbocycles. The number of hydrogen-bond acceptors (Lipinski definition) is 1. The van der Waals surface area contributed by atoms with Crippen molar-refractivity contribution >= 4 is 7.82 Å². The quantitative estimate of drug-likeness (QED) is 0.259. The van der Waals surface area contributed by atoms with Crippen LogP contribution in [0.2, 0.25) is 0 Å². The first-order valence-electron chi connectivity index (χ1n) is 0.783. The van der Waals surface area contributed by atoms with E-state index >= 15 is 0 Å². The molecular weight excluding hydrogens is 180 g/mol. The fourth-order valence-electron chi connectivity index (χ4n) is 0. The predicted molar refractivity (Wildman–Crippen MR) is 17.6 cm³/mol. The first kappa shape index (κ1) is 22.6. The second kappa shape index (κ2) is 10.7. The van der Waals surface area contributed by atoms with Crippen molar-refractivity contribution in [3.63, 3.8) is 0 Å². The Morgan fingerprint density at radius 2 is 1.12 bits per heavy atom. The summed E-state index contributed by atoms with van der Waals surface area (Å²) in [6, 6.07) is 0. The molecule has 0 aromatic carbocycles. The van der Waals surface area contributed by atoms with Crippen molar-refractivity contribution in [1.29, 1.82) is 0 Å². The smallest absolute Gasteiger partial charge is 1.00 e. The number of phosphoric acid groups is 1. The largest absolute Gasteiger partial charge is 1.00 e. The summed E-state index contributed by atoms with van der Waals surface area (Å²) in [4.78, 5) is 21.6. The minimum Gasteiger partial charge on any atom is -1.00 e. The molecule has 0 aromatic rings. The molecule has 0 atom stereocenters. The van der Waals surface area contributed by atoms with E-state index in [-0.39, 0.29) is 115 Å². The Kier molecular flexibility index (Phi) is 30.4. The molecule has 0 saturated heterocycles. The van der Waals surface area contributed by atoms with Crippen LogP contribution in [0.25, 0.3) is 0 Å². The molecule has 0 amide bonds. The Labute approximate surface area is 139 Å². The van der Waals surface area contributed by atoms with Crippen molar-refractivity contribution in [3.8, 4) is 0 Å². The van der Waals surface area contributed by atoms with E-state index in [1.807, 2.05) is 0 Å². The summed E-state index contributed by atoms with van der Waals surface area (Å²) < 4.78 is 8.88. The first-order valence-corrected chi connectivity index (χ1v) is 2.35. The summed E-state index contributed by atoms with van der Waals surface area (Å²) >= 11 is 0. The summed E-state index contributed by atoms with van der Waals surface area (Å²) in [5.74, 6) is 0. The van der Waals surface area contributed by atoms with E-state index in [2.05, 4.69) is 0 Å². The third kappa shape index (κ3) is 53.1. The molecule has 0 aliphatic carbocycles. The van der Waals surface area contributed by atoms with Gasteiger partial charge in [-0.3, -0.25) is 0 Å². The summed E-state index contributed by atoms with van der Waals surface area (Å²) in [6.45, 7) is 0. The van der Waals surface area contributed by atoms with Gasteiger partial charge in [0.05, 0.1) is 0 Å². The topological polar surface area (TPSA) is 77.8 Å². The second-order valence-electron chi connectivity index (χ2n) is 0.513. The van der Waals surface area contributed by atoms with Gasteiger partial charge in [0.1, 0.15) is 0 Å². The van der Waals surface area contributed by atoms with Crippen molar-refractivity contribution in [3.05, 3.63) is 0 Å². The van der Waals surface area contributed by atoms with Crippen molar-refractivity contribution in [2.75, 3.05) is 0 Å². The van der Waals surface area contributed by atoms with Crippen molar-refractivity contribution in [2.45, 2.75) is 0 Å². The summed E-state index contributed by atoms with van der Waals surface area (Å²) in [6.07, 6.45) is 0. The molecular formula is H6KNa2O4P. The Bertz CT molecular complexity index is 69.5. The van der Waals surface area contributed by atoms with Crippen LogP contribution < -0.4 is 110 Å². The number of rotatable bonds is 0. The van der Waals surface area contributed by atoms with Crippen LogP contribution >= 0.6 is 7.82 Å². The van der Waals surface area contributed by atoms with Gasteiger partial charge in [0.2, 0.25) is 0 Å². The third-order valence-corrected chi connectivity index (χ3v) is 0. The van der Waals surface area contributed by atoms with Crippen molar-refractivity contribution < 1.29 is 134 Å². The maximum atomic E-state index is 8.88. The fourth-order valence-corrected chi connectivity index (χ4v) is 0. The van der Waals surface area contributed by atoms with E-state index in [4.69, 9.17) is 19.2 Å². The normalized spacial score (nSPS) is 7.38. The molecule has 0 aliphatic heterocycles. The number of hydrogen-bond donors (Lipinski definition) is 3. The Morgan fingerprint density at radius 3 is 1.12 bits per heavy atom. The molecule has 38 valence electrons. The van der Waals surface area contributed by atoms with E-state index in [0.717, 1.165) is 0 Å². The third-order valence-electron chi connectivity index (χ3n) is 0. The molecule has 8 heteroatoms. The van der Waals surface area contributed by atoms with Gasteiger partial charge in [0.15, 0.2) is 0 Å². The van der Waals surface area contributed by atoms with Gasteiger partial charge in [-0.15, -0.1) is 0 Å². The van der Waals surface area contributed by atoms with Crippen LogP contribution in [-0.4, -0.2) is 14.7 Å². The van der Waals surface area contributed by atoms with E-state index in [1.165, 1.54) is 0 Å². The van der Waals surface area contributed by atoms with Crippen LogP contribution in [0.1, 0.15) is 4.28 Å². The average Bonchev–Trinajstić information content (AvgIpc) is 0.722. The zero-order chi connectivity index (χ0) is 4.50. The Balaban J connectivity index is -0.00000000533. The van der Waals surface area contributed by atoms with Gasteiger partial charge < -0.3 is 19.0 Å². The van der Waals surface area contributed by atoms with Gasteiger partial charge in [0, 0.05) is 0 Å². The van der Waals surface area contributed by atoms with Crippen molar-refractivity contribution in [1.82, 2.24) is 0 Å². The van der Waals surface area contributed by atoms with Gasteiger partial charge in [-0.1, -0.05) is 0 Å². The van der Waals surface area contributed by atoms with E-state index < -0.39 is 7.82 Å². The molecule has 0 spiro atoms. The van der Waals surface area contributed by atoms with Crippen molar-refractivity contribution in [2.24, 2.45) is 0 Å². The maximum absolute atomic E-state index is 8.88. The molecule has 4 nitrogen and oxygen atoms in total. The fraction of sp³-hybridized carbons (Fsp3) is 0. The SMILES string of the molecule is O=P(O)(O)O.[H-].[H-].[H-].[K+].[Na+].[Na+]. The standard InChI is InChI=1S/K.2Na.H3O4P.3H/c;;;1-5(2,3)4;;;/h;;;(H3,1,2,3,4);;;/q3*+1;;3*-1. The average molecular weight is 186 g/mol. The Morgan fingerprint density at radius 1 is 1.12 bits per heavy atom. The minimum atomic E-state index is -4.64. The predicted octanol–water partition coefficient (Wildman–Crippen LogP) is -9.58. The van der Waals surface area contributed by atoms with Crippen LogP contribution in [0.3, 0.4) is 0 Å². The second-order valence-corrected chi connectivity index (χ2v) is 1.54. The maximum Gasteiger partial charge on any atom is 1.00 e. The molecule has 0 radical (unpaired) electrons. The van der Waals surface area contributed by atoms with Gasteiger partial charge in [-0.05, 0) is 0 Å². The monoisotopic (exact) mass is 186 g/mol. The Hall–Kier alpha value is 3.75. The molecule has 0 fully saturated rings.